The maximum absolute atomic E-state index is 6.25. The van der Waals surface area contributed by atoms with Crippen molar-refractivity contribution in [3.8, 4) is 5.75 Å². The van der Waals surface area contributed by atoms with Crippen molar-refractivity contribution >= 4 is 12.4 Å². The number of piperidine rings is 1. The van der Waals surface area contributed by atoms with Gasteiger partial charge in [-0.3, -0.25) is 0 Å². The summed E-state index contributed by atoms with van der Waals surface area (Å²) in [5, 5.41) is 0. The number of ether oxygens (including phenoxy) is 1. The summed E-state index contributed by atoms with van der Waals surface area (Å²) >= 11 is 0. The molecule has 1 aromatic carbocycles. The van der Waals surface area contributed by atoms with E-state index in [1.54, 1.807) is 0 Å². The number of rotatable bonds is 7. The molecule has 1 saturated carbocycles. The van der Waals surface area contributed by atoms with Gasteiger partial charge in [0.1, 0.15) is 5.75 Å². The molecule has 3 heteroatoms. The average Bonchev–Trinajstić information content (AvgIpc) is 2.75. The number of hydrogen-bond acceptors (Lipinski definition) is 2. The van der Waals surface area contributed by atoms with Gasteiger partial charge in [0.2, 0.25) is 0 Å². The summed E-state index contributed by atoms with van der Waals surface area (Å²) in [6, 6.07) is 9.74. The Hall–Kier alpha value is -0.730. The largest absolute Gasteiger partial charge is 0.493 e. The summed E-state index contributed by atoms with van der Waals surface area (Å²) < 4.78 is 6.25. The zero-order valence-corrected chi connectivity index (χ0v) is 19.6. The molecule has 0 spiro atoms. The van der Waals surface area contributed by atoms with Gasteiger partial charge in [0.15, 0.2) is 0 Å². The second kappa shape index (κ2) is 14.3. The Balaban J connectivity index is 0.00000300. The van der Waals surface area contributed by atoms with Gasteiger partial charge in [0, 0.05) is 6.04 Å². The molecular formula is C26H44ClNO. The molecule has 0 N–H and O–H groups in total. The normalized spacial score (nSPS) is 24.4. The summed E-state index contributed by atoms with van der Waals surface area (Å²) in [4.78, 5) is 2.83. The van der Waals surface area contributed by atoms with E-state index < -0.39 is 0 Å². The minimum atomic E-state index is 0. The van der Waals surface area contributed by atoms with Gasteiger partial charge in [-0.1, -0.05) is 70.1 Å². The third-order valence-corrected chi connectivity index (χ3v) is 6.96. The monoisotopic (exact) mass is 421 g/mol. The Bertz CT molecular complexity index is 543. The molecule has 1 aliphatic carbocycles. The van der Waals surface area contributed by atoms with Crippen molar-refractivity contribution < 1.29 is 4.74 Å². The standard InChI is InChI=1S/C26H43NO.ClH/c1-2-3-13-22-28-26-17-10-9-16-25(26)23-14-7-4-5-8-15-24(19-18-23)27-20-11-6-12-21-27;/h9-10,16-17,23-24H,2-8,11-15,18-22H2,1H3;1H. The molecule has 2 atom stereocenters. The van der Waals surface area contributed by atoms with Crippen LogP contribution in [0, 0.1) is 0 Å². The zero-order chi connectivity index (χ0) is 19.4. The highest BCUT2D eigenvalue weighted by Crippen LogP contribution is 2.36. The Labute approximate surface area is 186 Å². The minimum absolute atomic E-state index is 0. The summed E-state index contributed by atoms with van der Waals surface area (Å²) in [5.41, 5.74) is 1.48. The fourth-order valence-electron chi connectivity index (χ4n) is 5.25. The van der Waals surface area contributed by atoms with Crippen molar-refractivity contribution in [3.63, 3.8) is 0 Å². The van der Waals surface area contributed by atoms with E-state index in [0.717, 1.165) is 18.4 Å². The molecule has 0 amide bonds. The quantitative estimate of drug-likeness (QED) is 0.417. The number of unbranched alkanes of at least 4 members (excludes halogenated alkanes) is 2. The van der Waals surface area contributed by atoms with E-state index in [2.05, 4.69) is 36.1 Å². The van der Waals surface area contributed by atoms with E-state index in [1.165, 1.54) is 109 Å². The molecule has 0 aromatic heterocycles. The average molecular weight is 422 g/mol. The molecule has 3 rings (SSSR count). The Morgan fingerprint density at radius 3 is 2.34 bits per heavy atom. The Morgan fingerprint density at radius 1 is 0.828 bits per heavy atom. The van der Waals surface area contributed by atoms with Crippen molar-refractivity contribution in [2.75, 3.05) is 19.7 Å². The van der Waals surface area contributed by atoms with Crippen LogP contribution < -0.4 is 4.74 Å². The number of nitrogens with zero attached hydrogens (tertiary/aromatic N) is 1. The lowest BCUT2D eigenvalue weighted by atomic mass is 9.84. The van der Waals surface area contributed by atoms with Crippen LogP contribution in [0.4, 0.5) is 0 Å². The minimum Gasteiger partial charge on any atom is -0.493 e. The number of benzene rings is 1. The van der Waals surface area contributed by atoms with Gasteiger partial charge < -0.3 is 9.64 Å². The first kappa shape index (κ1) is 24.5. The lowest BCUT2D eigenvalue weighted by Gasteiger charge is -2.36. The summed E-state index contributed by atoms with van der Waals surface area (Å²) in [5.74, 6) is 1.84. The highest BCUT2D eigenvalue weighted by atomic mass is 35.5. The number of likely N-dealkylation sites (tertiary alicyclic amines) is 1. The van der Waals surface area contributed by atoms with Gasteiger partial charge in [-0.25, -0.2) is 0 Å². The van der Waals surface area contributed by atoms with Gasteiger partial charge in [0.05, 0.1) is 6.61 Å². The van der Waals surface area contributed by atoms with Crippen LogP contribution in [-0.2, 0) is 0 Å². The highest BCUT2D eigenvalue weighted by molar-refractivity contribution is 5.85. The maximum atomic E-state index is 6.25. The van der Waals surface area contributed by atoms with E-state index in [-0.39, 0.29) is 12.4 Å². The Kier molecular flexibility index (Phi) is 12.1. The second-order valence-electron chi connectivity index (χ2n) is 9.11. The van der Waals surface area contributed by atoms with Crippen LogP contribution in [0.2, 0.25) is 0 Å². The van der Waals surface area contributed by atoms with Crippen LogP contribution in [0.3, 0.4) is 0 Å². The van der Waals surface area contributed by atoms with E-state index in [1.807, 2.05) is 0 Å². The second-order valence-corrected chi connectivity index (χ2v) is 9.11. The lowest BCUT2D eigenvalue weighted by Crippen LogP contribution is -2.39. The molecule has 29 heavy (non-hydrogen) atoms. The molecular weight excluding hydrogens is 378 g/mol. The molecule has 1 saturated heterocycles. The highest BCUT2D eigenvalue weighted by Gasteiger charge is 2.24. The van der Waals surface area contributed by atoms with Crippen molar-refractivity contribution in [1.29, 1.82) is 0 Å². The first-order chi connectivity index (χ1) is 13.9. The first-order valence-corrected chi connectivity index (χ1v) is 12.3. The van der Waals surface area contributed by atoms with E-state index in [0.29, 0.717) is 5.92 Å². The Morgan fingerprint density at radius 2 is 1.55 bits per heavy atom. The molecule has 0 bridgehead atoms. The fourth-order valence-corrected chi connectivity index (χ4v) is 5.25. The topological polar surface area (TPSA) is 12.5 Å². The summed E-state index contributed by atoms with van der Waals surface area (Å²) in [6.07, 6.45) is 19.1. The third kappa shape index (κ3) is 8.13. The molecule has 0 radical (unpaired) electrons. The number of para-hydroxylation sites is 1. The van der Waals surface area contributed by atoms with Crippen molar-refractivity contribution in [2.24, 2.45) is 0 Å². The fraction of sp³-hybridized carbons (Fsp3) is 0.769. The van der Waals surface area contributed by atoms with Crippen LogP contribution in [0.25, 0.3) is 0 Å². The predicted molar refractivity (Wildman–Crippen MR) is 128 cm³/mol. The summed E-state index contributed by atoms with van der Waals surface area (Å²) in [6.45, 7) is 5.81. The van der Waals surface area contributed by atoms with Gasteiger partial charge in [-0.15, -0.1) is 12.4 Å². The van der Waals surface area contributed by atoms with Gasteiger partial charge >= 0.3 is 0 Å². The molecule has 1 heterocycles. The van der Waals surface area contributed by atoms with E-state index in [4.69, 9.17) is 4.74 Å². The molecule has 2 unspecified atom stereocenters. The van der Waals surface area contributed by atoms with E-state index >= 15 is 0 Å². The van der Waals surface area contributed by atoms with Gasteiger partial charge in [-0.2, -0.15) is 0 Å². The van der Waals surface area contributed by atoms with Crippen LogP contribution in [0.5, 0.6) is 5.75 Å². The van der Waals surface area contributed by atoms with Crippen molar-refractivity contribution in [2.45, 2.75) is 109 Å². The van der Waals surface area contributed by atoms with Crippen molar-refractivity contribution in [3.05, 3.63) is 29.8 Å². The number of hydrogen-bond donors (Lipinski definition) is 0. The molecule has 2 fully saturated rings. The third-order valence-electron chi connectivity index (χ3n) is 6.96. The van der Waals surface area contributed by atoms with Crippen molar-refractivity contribution in [1.82, 2.24) is 4.90 Å². The molecule has 166 valence electrons. The summed E-state index contributed by atoms with van der Waals surface area (Å²) in [7, 11) is 0. The van der Waals surface area contributed by atoms with Crippen LogP contribution in [-0.4, -0.2) is 30.6 Å². The first-order valence-electron chi connectivity index (χ1n) is 12.3. The van der Waals surface area contributed by atoms with Crippen LogP contribution >= 0.6 is 12.4 Å². The van der Waals surface area contributed by atoms with Crippen LogP contribution in [0.15, 0.2) is 24.3 Å². The van der Waals surface area contributed by atoms with Gasteiger partial charge in [-0.05, 0) is 75.6 Å². The maximum Gasteiger partial charge on any atom is 0.122 e. The molecule has 2 nitrogen and oxygen atoms in total. The van der Waals surface area contributed by atoms with Gasteiger partial charge in [0.25, 0.3) is 0 Å². The lowest BCUT2D eigenvalue weighted by molar-refractivity contribution is 0.139. The van der Waals surface area contributed by atoms with Crippen LogP contribution in [0.1, 0.15) is 108 Å². The molecule has 1 aliphatic heterocycles. The predicted octanol–water partition coefficient (Wildman–Crippen LogP) is 7.75. The smallest absolute Gasteiger partial charge is 0.122 e. The number of halogens is 1. The SMILES string of the molecule is CCCCCOc1ccccc1C1CCCCCCC(N2CCCCC2)CC1.Cl. The van der Waals surface area contributed by atoms with E-state index in [9.17, 15) is 0 Å². The zero-order valence-electron chi connectivity index (χ0n) is 18.7. The molecule has 2 aliphatic rings. The molecule has 1 aromatic rings.